The van der Waals surface area contributed by atoms with Gasteiger partial charge >= 0.3 is 0 Å². The highest BCUT2D eigenvalue weighted by molar-refractivity contribution is 7.80. The van der Waals surface area contributed by atoms with Crippen molar-refractivity contribution in [1.29, 1.82) is 0 Å². The van der Waals surface area contributed by atoms with Crippen LogP contribution in [0.15, 0.2) is 79.0 Å². The third kappa shape index (κ3) is 3.90. The summed E-state index contributed by atoms with van der Waals surface area (Å²) in [7, 11) is 0. The molecular formula is C19H15FN2O5S. The number of nitro groups is 1. The second-order valence-electron chi connectivity index (χ2n) is 5.78. The molecule has 0 saturated heterocycles. The predicted octanol–water partition coefficient (Wildman–Crippen LogP) is 4.15. The van der Waals surface area contributed by atoms with Gasteiger partial charge in [0, 0.05) is 35.5 Å². The number of aromatic nitrogens is 1. The van der Waals surface area contributed by atoms with Crippen molar-refractivity contribution < 1.29 is 22.8 Å². The Kier molecular flexibility index (Phi) is 5.76. The largest absolute Gasteiger partial charge is 0.464 e. The van der Waals surface area contributed by atoms with Crippen molar-refractivity contribution in [3.8, 4) is 5.88 Å². The highest BCUT2D eigenvalue weighted by Gasteiger charge is 2.50. The first kappa shape index (κ1) is 19.6. The molecule has 0 saturated carbocycles. The van der Waals surface area contributed by atoms with Crippen LogP contribution in [-0.4, -0.2) is 18.7 Å². The summed E-state index contributed by atoms with van der Waals surface area (Å²) in [4.78, 5) is 14.5. The minimum absolute atomic E-state index is 0.00223. The zero-order valence-corrected chi connectivity index (χ0v) is 15.2. The first-order valence-corrected chi connectivity index (χ1v) is 9.21. The van der Waals surface area contributed by atoms with E-state index in [9.17, 15) is 18.9 Å². The molecule has 1 aromatic heterocycles. The second kappa shape index (κ2) is 8.24. The van der Waals surface area contributed by atoms with Crippen molar-refractivity contribution in [2.24, 2.45) is 0 Å². The third-order valence-electron chi connectivity index (χ3n) is 4.02. The fraction of sp³-hybridized carbons (Fsp3) is 0.105. The van der Waals surface area contributed by atoms with Crippen LogP contribution in [-0.2, 0) is 16.1 Å². The topological polar surface area (TPSA) is 103 Å². The molecule has 3 atom stereocenters. The Hall–Kier alpha value is -3.17. The molecule has 0 amide bonds. The standard InChI is InChI=1S/C19H15FN2O5S/c20-19(28(25)26,15-8-2-1-3-9-15)18(27-17-11-4-5-12-21-17)14-7-6-10-16(13-14)22(23)24/h1-13,18H,(H,25,26)/t18-,19-/m0/s1. The molecule has 28 heavy (non-hydrogen) atoms. The van der Waals surface area contributed by atoms with Crippen LogP contribution in [0.3, 0.4) is 0 Å². The molecule has 0 fully saturated rings. The molecule has 144 valence electrons. The number of nitro benzene ring substituents is 1. The molecule has 0 aliphatic rings. The molecule has 3 aromatic rings. The minimum atomic E-state index is -3.03. The van der Waals surface area contributed by atoms with E-state index in [0.29, 0.717) is 0 Å². The molecular weight excluding hydrogens is 387 g/mol. The van der Waals surface area contributed by atoms with E-state index in [0.717, 1.165) is 6.07 Å². The summed E-state index contributed by atoms with van der Waals surface area (Å²) in [5, 5.41) is 8.23. The zero-order valence-electron chi connectivity index (χ0n) is 14.3. The smallest absolute Gasteiger partial charge is 0.275 e. The Morgan fingerprint density at radius 2 is 1.82 bits per heavy atom. The fourth-order valence-corrected chi connectivity index (χ4v) is 3.41. The monoisotopic (exact) mass is 402 g/mol. The van der Waals surface area contributed by atoms with Crippen LogP contribution in [0.2, 0.25) is 0 Å². The van der Waals surface area contributed by atoms with Gasteiger partial charge in [0.2, 0.25) is 17.0 Å². The number of nitrogens with zero attached hydrogens (tertiary/aromatic N) is 2. The number of hydrogen-bond acceptors (Lipinski definition) is 5. The van der Waals surface area contributed by atoms with E-state index in [-0.39, 0.29) is 22.7 Å². The molecule has 0 spiro atoms. The van der Waals surface area contributed by atoms with E-state index in [1.165, 1.54) is 54.7 Å². The van der Waals surface area contributed by atoms with E-state index >= 15 is 4.39 Å². The maximum absolute atomic E-state index is 16.1. The average Bonchev–Trinajstić information content (AvgIpc) is 2.72. The summed E-state index contributed by atoms with van der Waals surface area (Å²) in [5.41, 5.74) is -0.386. The second-order valence-corrected chi connectivity index (χ2v) is 6.87. The van der Waals surface area contributed by atoms with Crippen LogP contribution < -0.4 is 4.74 Å². The SMILES string of the molecule is O=[N+]([O-])c1cccc([C@H](Oc2ccccn2)[C@](F)(c2ccccc2)S(=O)O)c1. The summed E-state index contributed by atoms with van der Waals surface area (Å²) in [6.45, 7) is 0. The van der Waals surface area contributed by atoms with Crippen LogP contribution in [0.25, 0.3) is 0 Å². The van der Waals surface area contributed by atoms with Crippen molar-refractivity contribution in [2.75, 3.05) is 0 Å². The molecule has 2 aromatic carbocycles. The molecule has 0 bridgehead atoms. The quantitative estimate of drug-likeness (QED) is 0.362. The number of non-ortho nitro benzene ring substituents is 1. The fourth-order valence-electron chi connectivity index (χ4n) is 2.71. The molecule has 0 aliphatic heterocycles. The third-order valence-corrected chi connectivity index (χ3v) is 4.98. The van der Waals surface area contributed by atoms with Crippen LogP contribution in [0.5, 0.6) is 5.88 Å². The van der Waals surface area contributed by atoms with Gasteiger partial charge < -0.3 is 9.29 Å². The van der Waals surface area contributed by atoms with Crippen LogP contribution >= 0.6 is 0 Å². The lowest BCUT2D eigenvalue weighted by atomic mass is 9.98. The van der Waals surface area contributed by atoms with Crippen molar-refractivity contribution >= 4 is 16.8 Å². The highest BCUT2D eigenvalue weighted by atomic mass is 32.2. The van der Waals surface area contributed by atoms with Gasteiger partial charge in [0.05, 0.1) is 4.92 Å². The normalized spacial score (nSPS) is 15.2. The van der Waals surface area contributed by atoms with Gasteiger partial charge in [-0.2, -0.15) is 0 Å². The van der Waals surface area contributed by atoms with Gasteiger partial charge in [-0.3, -0.25) is 10.1 Å². The minimum Gasteiger partial charge on any atom is -0.464 e. The Balaban J connectivity index is 2.18. The van der Waals surface area contributed by atoms with E-state index in [2.05, 4.69) is 4.98 Å². The Labute approximate surface area is 162 Å². The van der Waals surface area contributed by atoms with Crippen molar-refractivity contribution in [3.63, 3.8) is 0 Å². The molecule has 1 unspecified atom stereocenters. The molecule has 0 radical (unpaired) electrons. The van der Waals surface area contributed by atoms with Gasteiger partial charge in [0.25, 0.3) is 10.7 Å². The number of pyridine rings is 1. The number of alkyl halides is 1. The Bertz CT molecular complexity index is 990. The van der Waals surface area contributed by atoms with Crippen molar-refractivity contribution in [2.45, 2.75) is 11.1 Å². The van der Waals surface area contributed by atoms with Gasteiger partial charge in [0.1, 0.15) is 0 Å². The number of rotatable bonds is 7. The summed E-state index contributed by atoms with van der Waals surface area (Å²) in [6, 6.07) is 17.1. The van der Waals surface area contributed by atoms with Gasteiger partial charge in [-0.1, -0.05) is 48.5 Å². The average molecular weight is 402 g/mol. The number of benzene rings is 2. The van der Waals surface area contributed by atoms with E-state index in [1.54, 1.807) is 18.2 Å². The van der Waals surface area contributed by atoms with E-state index in [4.69, 9.17) is 4.74 Å². The van der Waals surface area contributed by atoms with Gasteiger partial charge in [-0.25, -0.2) is 13.6 Å². The van der Waals surface area contributed by atoms with E-state index in [1.807, 2.05) is 0 Å². The van der Waals surface area contributed by atoms with Gasteiger partial charge in [-0.15, -0.1) is 0 Å². The summed E-state index contributed by atoms with van der Waals surface area (Å²) in [6.07, 6.45) is -0.256. The summed E-state index contributed by atoms with van der Waals surface area (Å²) >= 11 is -3.03. The number of halogens is 1. The van der Waals surface area contributed by atoms with E-state index < -0.39 is 27.1 Å². The molecule has 9 heteroatoms. The molecule has 0 aliphatic carbocycles. The molecule has 1 heterocycles. The maximum atomic E-state index is 16.1. The first-order valence-electron chi connectivity index (χ1n) is 8.10. The summed E-state index contributed by atoms with van der Waals surface area (Å²) in [5.74, 6) is 0.00223. The van der Waals surface area contributed by atoms with Crippen LogP contribution in [0, 0.1) is 10.1 Å². The van der Waals surface area contributed by atoms with Crippen LogP contribution in [0.4, 0.5) is 10.1 Å². The lowest BCUT2D eigenvalue weighted by Gasteiger charge is -2.31. The number of hydrogen-bond donors (Lipinski definition) is 1. The van der Waals surface area contributed by atoms with Crippen molar-refractivity contribution in [1.82, 2.24) is 4.98 Å². The summed E-state index contributed by atoms with van der Waals surface area (Å²) < 4.78 is 43.8. The lowest BCUT2D eigenvalue weighted by Crippen LogP contribution is -2.37. The lowest BCUT2D eigenvalue weighted by molar-refractivity contribution is -0.385. The molecule has 1 N–H and O–H groups in total. The Morgan fingerprint density at radius 1 is 1.11 bits per heavy atom. The first-order chi connectivity index (χ1) is 13.4. The van der Waals surface area contributed by atoms with Crippen LogP contribution in [0.1, 0.15) is 17.2 Å². The van der Waals surface area contributed by atoms with Gasteiger partial charge in [0.15, 0.2) is 6.10 Å². The predicted molar refractivity (Wildman–Crippen MR) is 101 cm³/mol. The highest BCUT2D eigenvalue weighted by Crippen LogP contribution is 2.44. The van der Waals surface area contributed by atoms with Gasteiger partial charge in [-0.05, 0) is 6.07 Å². The zero-order chi connectivity index (χ0) is 20.1. The Morgan fingerprint density at radius 3 is 2.43 bits per heavy atom. The molecule has 3 rings (SSSR count). The molecule has 7 nitrogen and oxygen atoms in total. The number of ether oxygens (including phenoxy) is 1. The maximum Gasteiger partial charge on any atom is 0.275 e. The van der Waals surface area contributed by atoms with Crippen molar-refractivity contribution in [3.05, 3.63) is 100 Å².